The molecule has 0 radical (unpaired) electrons. The molecule has 10 heavy (non-hydrogen) atoms. The number of hydrogen-bond acceptors (Lipinski definition) is 1. The van der Waals surface area contributed by atoms with Gasteiger partial charge in [0, 0.05) is 11.8 Å². The maximum Gasteiger partial charge on any atom is 0.254 e. The lowest BCUT2D eigenvalue weighted by Crippen LogP contribution is -2.44. The number of hydrogen-bond donors (Lipinski definition) is 1. The molecule has 1 aliphatic heterocycles. The van der Waals surface area contributed by atoms with Crippen molar-refractivity contribution in [1.29, 1.82) is 0 Å². The van der Waals surface area contributed by atoms with Gasteiger partial charge in [-0.2, -0.15) is 0 Å². The largest absolute Gasteiger partial charge is 0.316 e. The Labute approximate surface area is 58.8 Å². The average molecular weight is 147 g/mol. The van der Waals surface area contributed by atoms with E-state index in [4.69, 9.17) is 0 Å². The summed E-state index contributed by atoms with van der Waals surface area (Å²) in [6.07, 6.45) is 0. The molecule has 2 unspecified atom stereocenters. The molecule has 3 heteroatoms. The van der Waals surface area contributed by atoms with Crippen LogP contribution in [0.15, 0.2) is 0 Å². The topological polar surface area (TPSA) is 12.0 Å². The second-order valence-corrected chi connectivity index (χ2v) is 3.41. The summed E-state index contributed by atoms with van der Waals surface area (Å²) in [6, 6.07) is 0. The summed E-state index contributed by atoms with van der Waals surface area (Å²) < 4.78 is 25.3. The molecule has 1 saturated heterocycles. The zero-order valence-corrected chi connectivity index (χ0v) is 5.90. The van der Waals surface area contributed by atoms with Crippen LogP contribution in [0.3, 0.4) is 0 Å². The highest BCUT2D eigenvalue weighted by Gasteiger charge is 2.68. The van der Waals surface area contributed by atoms with Crippen molar-refractivity contribution in [3.63, 3.8) is 0 Å². The zero-order valence-electron chi connectivity index (χ0n) is 5.90. The van der Waals surface area contributed by atoms with Gasteiger partial charge in [-0.25, -0.2) is 8.78 Å². The summed E-state index contributed by atoms with van der Waals surface area (Å²) in [5.74, 6) is -2.76. The fourth-order valence-electron chi connectivity index (χ4n) is 1.80. The average Bonchev–Trinajstić information content (AvgIpc) is 2.13. The highest BCUT2D eigenvalue weighted by atomic mass is 19.3. The van der Waals surface area contributed by atoms with E-state index < -0.39 is 5.92 Å². The van der Waals surface area contributed by atoms with Crippen molar-refractivity contribution in [2.24, 2.45) is 17.8 Å². The van der Waals surface area contributed by atoms with E-state index in [0.29, 0.717) is 0 Å². The maximum atomic E-state index is 12.6. The number of alkyl halides is 2. The Bertz CT molecular complexity index is 154. The quantitative estimate of drug-likeness (QED) is 0.585. The molecule has 2 fully saturated rings. The van der Waals surface area contributed by atoms with Gasteiger partial charge in [0.05, 0.1) is 0 Å². The molecule has 0 spiro atoms. The standard InChI is InChI=1S/C7H11F2N/c1-4-6(7(4,8)9)5-2-10-3-5/h4-6,10H,2-3H2,1H3. The molecule has 1 N–H and O–H groups in total. The third-order valence-electron chi connectivity index (χ3n) is 2.80. The summed E-state index contributed by atoms with van der Waals surface area (Å²) in [4.78, 5) is 0. The van der Waals surface area contributed by atoms with Crippen LogP contribution in [-0.4, -0.2) is 19.0 Å². The first-order valence-electron chi connectivity index (χ1n) is 3.72. The summed E-state index contributed by atoms with van der Waals surface area (Å²) in [6.45, 7) is 3.23. The van der Waals surface area contributed by atoms with E-state index in [-0.39, 0.29) is 17.8 Å². The molecule has 2 aliphatic rings. The van der Waals surface area contributed by atoms with Crippen LogP contribution in [-0.2, 0) is 0 Å². The Morgan fingerprint density at radius 3 is 2.00 bits per heavy atom. The van der Waals surface area contributed by atoms with E-state index in [1.165, 1.54) is 0 Å². The van der Waals surface area contributed by atoms with E-state index >= 15 is 0 Å². The normalized spacial score (nSPS) is 44.7. The molecule has 1 aliphatic carbocycles. The fourth-order valence-corrected chi connectivity index (χ4v) is 1.80. The van der Waals surface area contributed by atoms with Crippen molar-refractivity contribution in [2.45, 2.75) is 12.8 Å². The summed E-state index contributed by atoms with van der Waals surface area (Å²) in [7, 11) is 0. The summed E-state index contributed by atoms with van der Waals surface area (Å²) in [5.41, 5.74) is 0. The molecule has 1 saturated carbocycles. The van der Waals surface area contributed by atoms with Gasteiger partial charge in [0.25, 0.3) is 5.92 Å². The molecule has 2 atom stereocenters. The lowest BCUT2D eigenvalue weighted by Gasteiger charge is -2.26. The Morgan fingerprint density at radius 1 is 1.40 bits per heavy atom. The number of nitrogens with one attached hydrogen (secondary N) is 1. The molecule has 0 amide bonds. The van der Waals surface area contributed by atoms with Gasteiger partial charge in [-0.3, -0.25) is 0 Å². The van der Waals surface area contributed by atoms with Crippen molar-refractivity contribution in [3.8, 4) is 0 Å². The van der Waals surface area contributed by atoms with Gasteiger partial charge in [-0.1, -0.05) is 6.92 Å². The van der Waals surface area contributed by atoms with Gasteiger partial charge in [-0.05, 0) is 19.0 Å². The minimum Gasteiger partial charge on any atom is -0.316 e. The highest BCUT2D eigenvalue weighted by Crippen LogP contribution is 2.59. The molecule has 58 valence electrons. The van der Waals surface area contributed by atoms with Crippen molar-refractivity contribution >= 4 is 0 Å². The molecule has 0 bridgehead atoms. The van der Waals surface area contributed by atoms with Gasteiger partial charge in [0.2, 0.25) is 0 Å². The van der Waals surface area contributed by atoms with Gasteiger partial charge in [0.15, 0.2) is 0 Å². The first kappa shape index (κ1) is 6.53. The van der Waals surface area contributed by atoms with E-state index in [2.05, 4.69) is 5.32 Å². The molecule has 0 aromatic heterocycles. The summed E-state index contributed by atoms with van der Waals surface area (Å²) >= 11 is 0. The van der Waals surface area contributed by atoms with Crippen LogP contribution in [0.5, 0.6) is 0 Å². The Kier molecular flexibility index (Phi) is 1.11. The molecule has 0 aromatic carbocycles. The molecule has 0 aromatic rings. The van der Waals surface area contributed by atoms with Gasteiger partial charge >= 0.3 is 0 Å². The van der Waals surface area contributed by atoms with Crippen molar-refractivity contribution in [1.82, 2.24) is 5.32 Å². The predicted molar refractivity (Wildman–Crippen MR) is 34.0 cm³/mol. The minimum atomic E-state index is -2.34. The van der Waals surface area contributed by atoms with E-state index in [1.807, 2.05) is 0 Å². The second-order valence-electron chi connectivity index (χ2n) is 3.41. The van der Waals surface area contributed by atoms with E-state index in [0.717, 1.165) is 13.1 Å². The van der Waals surface area contributed by atoms with Gasteiger partial charge < -0.3 is 5.32 Å². The molecule has 2 rings (SSSR count). The van der Waals surface area contributed by atoms with Crippen molar-refractivity contribution in [3.05, 3.63) is 0 Å². The fraction of sp³-hybridized carbons (Fsp3) is 1.00. The second kappa shape index (κ2) is 1.70. The Balaban J connectivity index is 1.97. The molecular formula is C7H11F2N. The zero-order chi connectivity index (χ0) is 7.35. The highest BCUT2D eigenvalue weighted by molar-refractivity contribution is 5.08. The van der Waals surface area contributed by atoms with E-state index in [1.54, 1.807) is 6.92 Å². The van der Waals surface area contributed by atoms with Gasteiger partial charge in [-0.15, -0.1) is 0 Å². The van der Waals surface area contributed by atoms with Gasteiger partial charge in [0.1, 0.15) is 0 Å². The first-order chi connectivity index (χ1) is 4.64. The van der Waals surface area contributed by atoms with Crippen LogP contribution in [0.4, 0.5) is 8.78 Å². The SMILES string of the molecule is CC1C(C2CNC2)C1(F)F. The monoisotopic (exact) mass is 147 g/mol. The Morgan fingerprint density at radius 2 is 1.90 bits per heavy atom. The third kappa shape index (κ3) is 0.641. The van der Waals surface area contributed by atoms with Crippen molar-refractivity contribution < 1.29 is 8.78 Å². The van der Waals surface area contributed by atoms with Crippen LogP contribution in [0.2, 0.25) is 0 Å². The molecular weight excluding hydrogens is 136 g/mol. The Hall–Kier alpha value is -0.180. The third-order valence-corrected chi connectivity index (χ3v) is 2.80. The van der Waals surface area contributed by atoms with Crippen LogP contribution in [0.1, 0.15) is 6.92 Å². The first-order valence-corrected chi connectivity index (χ1v) is 3.72. The minimum absolute atomic E-state index is 0.255. The number of halogens is 2. The van der Waals surface area contributed by atoms with Crippen molar-refractivity contribution in [2.75, 3.05) is 13.1 Å². The molecule has 1 heterocycles. The van der Waals surface area contributed by atoms with Crippen LogP contribution in [0, 0.1) is 17.8 Å². The smallest absolute Gasteiger partial charge is 0.254 e. The predicted octanol–water partition coefficient (Wildman–Crippen LogP) is 1.11. The maximum absolute atomic E-state index is 12.6. The van der Waals surface area contributed by atoms with Crippen LogP contribution in [0.25, 0.3) is 0 Å². The van der Waals surface area contributed by atoms with E-state index in [9.17, 15) is 8.78 Å². The lowest BCUT2D eigenvalue weighted by atomic mass is 9.96. The molecule has 1 nitrogen and oxygen atoms in total. The van der Waals surface area contributed by atoms with Crippen LogP contribution < -0.4 is 5.32 Å². The van der Waals surface area contributed by atoms with Crippen LogP contribution >= 0.6 is 0 Å². The lowest BCUT2D eigenvalue weighted by molar-refractivity contribution is 0.0683. The summed E-state index contributed by atoms with van der Waals surface area (Å²) in [5, 5.41) is 3.01. The number of rotatable bonds is 1.